The molecular formula is C10H16N4O2S. The molecule has 0 radical (unpaired) electrons. The molecule has 0 bridgehead atoms. The zero-order valence-electron chi connectivity index (χ0n) is 9.97. The molecule has 1 atom stereocenters. The molecule has 2 rings (SSSR count). The Bertz CT molecular complexity index is 395. The van der Waals surface area contributed by atoms with Gasteiger partial charge in [0.1, 0.15) is 16.7 Å². The Morgan fingerprint density at radius 2 is 2.53 bits per heavy atom. The first-order valence-electron chi connectivity index (χ1n) is 5.57. The van der Waals surface area contributed by atoms with Crippen LogP contribution in [-0.4, -0.2) is 47.2 Å². The van der Waals surface area contributed by atoms with Crippen LogP contribution in [-0.2, 0) is 16.1 Å². The quantitative estimate of drug-likeness (QED) is 0.801. The third kappa shape index (κ3) is 2.55. The largest absolute Gasteiger partial charge is 0.468 e. The van der Waals surface area contributed by atoms with Gasteiger partial charge >= 0.3 is 5.97 Å². The van der Waals surface area contributed by atoms with E-state index in [4.69, 9.17) is 4.74 Å². The van der Waals surface area contributed by atoms with Crippen molar-refractivity contribution in [3.05, 3.63) is 5.69 Å². The molecule has 0 amide bonds. The summed E-state index contributed by atoms with van der Waals surface area (Å²) in [5.41, 5.74) is 0.897. The summed E-state index contributed by atoms with van der Waals surface area (Å²) in [7, 11) is 3.28. The van der Waals surface area contributed by atoms with E-state index in [9.17, 15) is 4.79 Å². The van der Waals surface area contributed by atoms with Crippen LogP contribution in [0.4, 0.5) is 5.00 Å². The van der Waals surface area contributed by atoms with Gasteiger partial charge in [0, 0.05) is 25.1 Å². The highest BCUT2D eigenvalue weighted by atomic mass is 32.1. The van der Waals surface area contributed by atoms with Crippen molar-refractivity contribution in [2.45, 2.75) is 25.4 Å². The number of aromatic nitrogens is 2. The molecule has 1 aromatic heterocycles. The number of nitrogens with one attached hydrogen (secondary N) is 1. The van der Waals surface area contributed by atoms with Gasteiger partial charge in [-0.2, -0.15) is 0 Å². The highest BCUT2D eigenvalue weighted by Crippen LogP contribution is 2.24. The first-order valence-corrected chi connectivity index (χ1v) is 6.34. The number of hydrogen-bond acceptors (Lipinski definition) is 7. The maximum absolute atomic E-state index is 11.6. The van der Waals surface area contributed by atoms with Crippen molar-refractivity contribution in [2.24, 2.45) is 0 Å². The van der Waals surface area contributed by atoms with Gasteiger partial charge in [0.15, 0.2) is 0 Å². The van der Waals surface area contributed by atoms with Crippen LogP contribution in [0, 0.1) is 0 Å². The predicted octanol–water partition coefficient (Wildman–Crippen LogP) is 0.717. The van der Waals surface area contributed by atoms with Crippen LogP contribution in [0.3, 0.4) is 0 Å². The maximum Gasteiger partial charge on any atom is 0.323 e. The second-order valence-electron chi connectivity index (χ2n) is 3.95. The van der Waals surface area contributed by atoms with Gasteiger partial charge in [-0.15, -0.1) is 5.10 Å². The molecule has 1 fully saturated rings. The highest BCUT2D eigenvalue weighted by molar-refractivity contribution is 7.10. The maximum atomic E-state index is 11.6. The summed E-state index contributed by atoms with van der Waals surface area (Å²) < 4.78 is 8.72. The Morgan fingerprint density at radius 3 is 3.24 bits per heavy atom. The van der Waals surface area contributed by atoms with Crippen LogP contribution < -0.4 is 5.32 Å². The number of methoxy groups -OCH3 is 1. The molecule has 1 saturated heterocycles. The van der Waals surface area contributed by atoms with Gasteiger partial charge in [-0.05, 0) is 19.4 Å². The van der Waals surface area contributed by atoms with Crippen LogP contribution in [0.5, 0.6) is 0 Å². The fourth-order valence-electron chi connectivity index (χ4n) is 2.11. The van der Waals surface area contributed by atoms with E-state index in [-0.39, 0.29) is 12.0 Å². The SMILES string of the molecule is CNc1snnc1CN1CCCC1C(=O)OC. The molecule has 1 N–H and O–H groups in total. The van der Waals surface area contributed by atoms with E-state index in [1.807, 2.05) is 7.05 Å². The van der Waals surface area contributed by atoms with Crippen LogP contribution in [0.15, 0.2) is 0 Å². The first kappa shape index (κ1) is 12.3. The summed E-state index contributed by atoms with van der Waals surface area (Å²) in [5, 5.41) is 8.10. The summed E-state index contributed by atoms with van der Waals surface area (Å²) in [6, 6.07) is -0.133. The van der Waals surface area contributed by atoms with Crippen LogP contribution >= 0.6 is 11.5 Å². The Labute approximate surface area is 104 Å². The number of nitrogens with zero attached hydrogens (tertiary/aromatic N) is 3. The predicted molar refractivity (Wildman–Crippen MR) is 64.9 cm³/mol. The third-order valence-electron chi connectivity index (χ3n) is 2.97. The minimum absolute atomic E-state index is 0.133. The van der Waals surface area contributed by atoms with Crippen molar-refractivity contribution in [1.29, 1.82) is 0 Å². The van der Waals surface area contributed by atoms with Gasteiger partial charge in [-0.3, -0.25) is 9.69 Å². The number of ether oxygens (including phenoxy) is 1. The van der Waals surface area contributed by atoms with Gasteiger partial charge in [-0.1, -0.05) is 4.49 Å². The van der Waals surface area contributed by atoms with E-state index in [0.717, 1.165) is 30.1 Å². The molecule has 1 aliphatic rings. The van der Waals surface area contributed by atoms with Crippen molar-refractivity contribution in [1.82, 2.24) is 14.5 Å². The molecule has 6 nitrogen and oxygen atoms in total. The number of anilines is 1. The van der Waals surface area contributed by atoms with E-state index >= 15 is 0 Å². The minimum Gasteiger partial charge on any atom is -0.468 e. The topological polar surface area (TPSA) is 67.4 Å². The van der Waals surface area contributed by atoms with Crippen LogP contribution in [0.25, 0.3) is 0 Å². The number of hydrogen-bond donors (Lipinski definition) is 1. The summed E-state index contributed by atoms with van der Waals surface area (Å²) in [5.74, 6) is -0.156. The number of esters is 1. The fourth-order valence-corrected chi connectivity index (χ4v) is 2.64. The molecule has 17 heavy (non-hydrogen) atoms. The first-order chi connectivity index (χ1) is 8.26. The average Bonchev–Trinajstić information content (AvgIpc) is 2.97. The number of rotatable bonds is 4. The standard InChI is InChI=1S/C10H16N4O2S/c1-11-9-7(12-13-17-9)6-14-5-3-4-8(14)10(15)16-2/h8,11H,3-6H2,1-2H3. The van der Waals surface area contributed by atoms with E-state index in [1.165, 1.54) is 18.6 Å². The van der Waals surface area contributed by atoms with Gasteiger partial charge in [-0.25, -0.2) is 0 Å². The Balaban J connectivity index is 2.05. The summed E-state index contributed by atoms with van der Waals surface area (Å²) in [6.45, 7) is 1.55. The molecule has 0 aromatic carbocycles. The summed E-state index contributed by atoms with van der Waals surface area (Å²) in [4.78, 5) is 13.7. The Kier molecular flexibility index (Phi) is 3.90. The average molecular weight is 256 g/mol. The zero-order chi connectivity index (χ0) is 12.3. The van der Waals surface area contributed by atoms with Crippen LogP contribution in [0.1, 0.15) is 18.5 Å². The van der Waals surface area contributed by atoms with Crippen molar-refractivity contribution >= 4 is 22.5 Å². The fraction of sp³-hybridized carbons (Fsp3) is 0.700. The molecule has 2 heterocycles. The smallest absolute Gasteiger partial charge is 0.323 e. The molecule has 1 aromatic rings. The van der Waals surface area contributed by atoms with Gasteiger partial charge in [0.25, 0.3) is 0 Å². The third-order valence-corrected chi connectivity index (χ3v) is 3.76. The molecular weight excluding hydrogens is 240 g/mol. The number of likely N-dealkylation sites (tertiary alicyclic amines) is 1. The molecule has 0 spiro atoms. The lowest BCUT2D eigenvalue weighted by Gasteiger charge is -2.21. The summed E-state index contributed by atoms with van der Waals surface area (Å²) >= 11 is 1.33. The second-order valence-corrected chi connectivity index (χ2v) is 4.70. The molecule has 1 aliphatic heterocycles. The van der Waals surface area contributed by atoms with Gasteiger partial charge in [0.2, 0.25) is 0 Å². The van der Waals surface area contributed by atoms with Crippen molar-refractivity contribution < 1.29 is 9.53 Å². The Morgan fingerprint density at radius 1 is 1.71 bits per heavy atom. The Hall–Kier alpha value is -1.21. The lowest BCUT2D eigenvalue weighted by molar-refractivity contribution is -0.146. The van der Waals surface area contributed by atoms with Crippen LogP contribution in [0.2, 0.25) is 0 Å². The van der Waals surface area contributed by atoms with E-state index in [1.54, 1.807) is 0 Å². The van der Waals surface area contributed by atoms with Gasteiger partial charge < -0.3 is 10.1 Å². The second kappa shape index (κ2) is 5.42. The number of carbonyl (C=O) groups is 1. The summed E-state index contributed by atoms with van der Waals surface area (Å²) in [6.07, 6.45) is 1.88. The molecule has 1 unspecified atom stereocenters. The van der Waals surface area contributed by atoms with E-state index in [0.29, 0.717) is 6.54 Å². The minimum atomic E-state index is -0.156. The monoisotopic (exact) mass is 256 g/mol. The number of carbonyl (C=O) groups excluding carboxylic acids is 1. The highest BCUT2D eigenvalue weighted by Gasteiger charge is 2.32. The lowest BCUT2D eigenvalue weighted by atomic mass is 10.2. The molecule has 7 heteroatoms. The molecule has 0 saturated carbocycles. The normalized spacial score (nSPS) is 20.5. The zero-order valence-corrected chi connectivity index (χ0v) is 10.8. The van der Waals surface area contributed by atoms with E-state index < -0.39 is 0 Å². The lowest BCUT2D eigenvalue weighted by Crippen LogP contribution is -2.36. The van der Waals surface area contributed by atoms with Gasteiger partial charge in [0.05, 0.1) is 7.11 Å². The molecule has 94 valence electrons. The van der Waals surface area contributed by atoms with Crippen molar-refractivity contribution in [3.63, 3.8) is 0 Å². The van der Waals surface area contributed by atoms with Crippen molar-refractivity contribution in [2.75, 3.05) is 26.0 Å². The molecule has 0 aliphatic carbocycles. The van der Waals surface area contributed by atoms with Crippen molar-refractivity contribution in [3.8, 4) is 0 Å². The van der Waals surface area contributed by atoms with E-state index in [2.05, 4.69) is 19.8 Å².